The van der Waals surface area contributed by atoms with Gasteiger partial charge in [-0.3, -0.25) is 4.90 Å². The van der Waals surface area contributed by atoms with Crippen molar-refractivity contribution in [1.82, 2.24) is 4.90 Å². The van der Waals surface area contributed by atoms with E-state index in [2.05, 4.69) is 20.8 Å². The van der Waals surface area contributed by atoms with Crippen LogP contribution in [0.1, 0.15) is 24.8 Å². The number of nitrogens with two attached hydrogens (primary N) is 1. The van der Waals surface area contributed by atoms with E-state index in [4.69, 9.17) is 5.73 Å². The van der Waals surface area contributed by atoms with Gasteiger partial charge in [-0.1, -0.05) is 15.9 Å². The molecule has 1 aliphatic heterocycles. The van der Waals surface area contributed by atoms with E-state index < -0.39 is 0 Å². The molecule has 0 amide bonds. The minimum Gasteiger partial charge on any atom is -0.330 e. The normalized spacial score (nSPS) is 18.2. The highest BCUT2D eigenvalue weighted by Crippen LogP contribution is 2.22. The van der Waals surface area contributed by atoms with Crippen LogP contribution in [-0.4, -0.2) is 24.5 Å². The van der Waals surface area contributed by atoms with Gasteiger partial charge >= 0.3 is 0 Å². The molecule has 4 heteroatoms. The van der Waals surface area contributed by atoms with Gasteiger partial charge < -0.3 is 5.73 Å². The summed E-state index contributed by atoms with van der Waals surface area (Å²) < 4.78 is 14.1. The molecule has 100 valence electrons. The van der Waals surface area contributed by atoms with Crippen LogP contribution in [0.15, 0.2) is 22.7 Å². The van der Waals surface area contributed by atoms with Gasteiger partial charge in [0, 0.05) is 11.0 Å². The highest BCUT2D eigenvalue weighted by Gasteiger charge is 2.18. The van der Waals surface area contributed by atoms with Crippen molar-refractivity contribution in [2.24, 2.45) is 11.7 Å². The van der Waals surface area contributed by atoms with Crippen LogP contribution in [0.5, 0.6) is 0 Å². The zero-order chi connectivity index (χ0) is 13.0. The number of halogens is 2. The van der Waals surface area contributed by atoms with Crippen LogP contribution < -0.4 is 5.73 Å². The summed E-state index contributed by atoms with van der Waals surface area (Å²) in [6, 6.07) is 5.11. The first-order valence-corrected chi connectivity index (χ1v) is 7.34. The highest BCUT2D eigenvalue weighted by atomic mass is 79.9. The summed E-state index contributed by atoms with van der Waals surface area (Å²) in [6.07, 6.45) is 3.57. The van der Waals surface area contributed by atoms with Crippen molar-refractivity contribution in [1.29, 1.82) is 0 Å². The Kier molecular flexibility index (Phi) is 5.15. The van der Waals surface area contributed by atoms with Crippen molar-refractivity contribution in [3.63, 3.8) is 0 Å². The van der Waals surface area contributed by atoms with E-state index in [1.54, 1.807) is 6.07 Å². The number of likely N-dealkylation sites (tertiary alicyclic amines) is 1. The molecule has 2 rings (SSSR count). The zero-order valence-electron chi connectivity index (χ0n) is 10.5. The predicted molar refractivity (Wildman–Crippen MR) is 75.8 cm³/mol. The van der Waals surface area contributed by atoms with E-state index >= 15 is 0 Å². The van der Waals surface area contributed by atoms with Crippen LogP contribution in [0.3, 0.4) is 0 Å². The number of rotatable bonds is 4. The Balaban J connectivity index is 1.87. The van der Waals surface area contributed by atoms with Crippen molar-refractivity contribution < 1.29 is 4.39 Å². The van der Waals surface area contributed by atoms with Crippen LogP contribution in [-0.2, 0) is 6.54 Å². The third-order valence-corrected chi connectivity index (χ3v) is 4.07. The van der Waals surface area contributed by atoms with E-state index in [0.717, 1.165) is 48.6 Å². The molecule has 2 N–H and O–H groups in total. The molecule has 0 aliphatic carbocycles. The van der Waals surface area contributed by atoms with Crippen LogP contribution in [0.25, 0.3) is 0 Å². The lowest BCUT2D eigenvalue weighted by Crippen LogP contribution is -2.33. The lowest BCUT2D eigenvalue weighted by molar-refractivity contribution is 0.173. The molecule has 0 aromatic heterocycles. The fourth-order valence-corrected chi connectivity index (χ4v) is 3.14. The number of nitrogens with zero attached hydrogens (tertiary/aromatic N) is 1. The van der Waals surface area contributed by atoms with Gasteiger partial charge in [-0.2, -0.15) is 0 Å². The number of piperidine rings is 1. The SMILES string of the molecule is NCCC1CCN(Cc2cc(F)cc(Br)c2)CC1. The Labute approximate surface area is 116 Å². The van der Waals surface area contributed by atoms with Gasteiger partial charge in [0.05, 0.1) is 0 Å². The minimum absolute atomic E-state index is 0.169. The largest absolute Gasteiger partial charge is 0.330 e. The van der Waals surface area contributed by atoms with E-state index in [9.17, 15) is 4.39 Å². The Morgan fingerprint density at radius 2 is 2.00 bits per heavy atom. The molecule has 0 bridgehead atoms. The van der Waals surface area contributed by atoms with E-state index in [0.29, 0.717) is 0 Å². The maximum atomic E-state index is 13.3. The Morgan fingerprint density at radius 3 is 2.61 bits per heavy atom. The van der Waals surface area contributed by atoms with Gasteiger partial charge in [-0.05, 0) is 68.6 Å². The standard InChI is InChI=1S/C14H20BrFN2/c15-13-7-12(8-14(16)9-13)10-18-5-2-11(1-4-17)3-6-18/h7-9,11H,1-6,10,17H2. The van der Waals surface area contributed by atoms with Gasteiger partial charge in [0.25, 0.3) is 0 Å². The van der Waals surface area contributed by atoms with Crippen molar-refractivity contribution in [2.45, 2.75) is 25.8 Å². The second-order valence-electron chi connectivity index (χ2n) is 5.07. The Hall–Kier alpha value is -0.450. The third kappa shape index (κ3) is 4.04. The highest BCUT2D eigenvalue weighted by molar-refractivity contribution is 9.10. The molecule has 18 heavy (non-hydrogen) atoms. The number of benzene rings is 1. The summed E-state index contributed by atoms with van der Waals surface area (Å²) in [5.74, 6) is 0.614. The smallest absolute Gasteiger partial charge is 0.124 e. The Bertz CT molecular complexity index is 369. The van der Waals surface area contributed by atoms with Crippen LogP contribution in [0.4, 0.5) is 4.39 Å². The molecule has 0 atom stereocenters. The van der Waals surface area contributed by atoms with Gasteiger partial charge in [0.15, 0.2) is 0 Å². The first-order valence-electron chi connectivity index (χ1n) is 6.55. The molecule has 0 radical (unpaired) electrons. The maximum Gasteiger partial charge on any atom is 0.124 e. The zero-order valence-corrected chi connectivity index (χ0v) is 12.1. The molecule has 1 aromatic rings. The predicted octanol–water partition coefficient (Wildman–Crippen LogP) is 3.15. The van der Waals surface area contributed by atoms with Crippen molar-refractivity contribution >= 4 is 15.9 Å². The first kappa shape index (κ1) is 14.0. The molecule has 1 heterocycles. The lowest BCUT2D eigenvalue weighted by atomic mass is 9.93. The third-order valence-electron chi connectivity index (χ3n) is 3.61. The fraction of sp³-hybridized carbons (Fsp3) is 0.571. The summed E-state index contributed by atoms with van der Waals surface area (Å²) in [7, 11) is 0. The molecule has 2 nitrogen and oxygen atoms in total. The number of hydrogen-bond donors (Lipinski definition) is 1. The molecule has 0 unspecified atom stereocenters. The fourth-order valence-electron chi connectivity index (χ4n) is 2.63. The minimum atomic E-state index is -0.169. The van der Waals surface area contributed by atoms with Gasteiger partial charge in [0.2, 0.25) is 0 Å². The average Bonchev–Trinajstić information content (AvgIpc) is 2.31. The lowest BCUT2D eigenvalue weighted by Gasteiger charge is -2.31. The van der Waals surface area contributed by atoms with Gasteiger partial charge in [-0.15, -0.1) is 0 Å². The maximum absolute atomic E-state index is 13.3. The molecular formula is C14H20BrFN2. The van der Waals surface area contributed by atoms with Crippen LogP contribution in [0.2, 0.25) is 0 Å². The monoisotopic (exact) mass is 314 g/mol. The van der Waals surface area contributed by atoms with E-state index in [-0.39, 0.29) is 5.82 Å². The summed E-state index contributed by atoms with van der Waals surface area (Å²) >= 11 is 3.34. The summed E-state index contributed by atoms with van der Waals surface area (Å²) in [5.41, 5.74) is 6.63. The van der Waals surface area contributed by atoms with Crippen molar-refractivity contribution in [3.8, 4) is 0 Å². The molecule has 1 aliphatic rings. The van der Waals surface area contributed by atoms with Crippen molar-refractivity contribution in [3.05, 3.63) is 34.1 Å². The van der Waals surface area contributed by atoms with Crippen LogP contribution >= 0.6 is 15.9 Å². The average molecular weight is 315 g/mol. The van der Waals surface area contributed by atoms with Crippen LogP contribution in [0, 0.1) is 11.7 Å². The second kappa shape index (κ2) is 6.64. The van der Waals surface area contributed by atoms with Gasteiger partial charge in [0.1, 0.15) is 5.82 Å². The Morgan fingerprint density at radius 1 is 1.28 bits per heavy atom. The molecule has 1 fully saturated rings. The molecule has 0 saturated carbocycles. The quantitative estimate of drug-likeness (QED) is 0.925. The summed E-state index contributed by atoms with van der Waals surface area (Å²) in [5, 5.41) is 0. The first-order chi connectivity index (χ1) is 8.67. The van der Waals surface area contributed by atoms with Gasteiger partial charge in [-0.25, -0.2) is 4.39 Å². The summed E-state index contributed by atoms with van der Waals surface area (Å²) in [6.45, 7) is 3.82. The number of hydrogen-bond acceptors (Lipinski definition) is 2. The van der Waals surface area contributed by atoms with E-state index in [1.165, 1.54) is 18.9 Å². The van der Waals surface area contributed by atoms with E-state index in [1.807, 2.05) is 6.07 Å². The van der Waals surface area contributed by atoms with Crippen molar-refractivity contribution in [2.75, 3.05) is 19.6 Å². The molecule has 1 aromatic carbocycles. The topological polar surface area (TPSA) is 29.3 Å². The molecule has 0 spiro atoms. The molecular weight excluding hydrogens is 295 g/mol. The summed E-state index contributed by atoms with van der Waals surface area (Å²) in [4.78, 5) is 2.40. The molecule has 1 saturated heterocycles. The second-order valence-corrected chi connectivity index (χ2v) is 5.99.